The molecule has 1 fully saturated rings. The molecule has 11 heavy (non-hydrogen) atoms. The molecule has 0 aromatic heterocycles. The Morgan fingerprint density at radius 3 is 2.36 bits per heavy atom. The third kappa shape index (κ3) is 1.55. The van der Waals surface area contributed by atoms with Crippen molar-refractivity contribution in [3.63, 3.8) is 0 Å². The summed E-state index contributed by atoms with van der Waals surface area (Å²) in [4.78, 5) is 0. The topological polar surface area (TPSA) is 27.7 Å². The molecule has 1 atom stereocenters. The predicted molar refractivity (Wildman–Crippen MR) is 41.1 cm³/mol. The zero-order valence-electron chi connectivity index (χ0n) is 7.42. The maximum atomic E-state index is 5.43. The van der Waals surface area contributed by atoms with Crippen LogP contribution in [0.3, 0.4) is 0 Å². The van der Waals surface area contributed by atoms with Gasteiger partial charge >= 0.3 is 0 Å². The van der Waals surface area contributed by atoms with Crippen molar-refractivity contribution in [1.82, 2.24) is 0 Å². The molecule has 0 aliphatic carbocycles. The molecule has 3 heteroatoms. The van der Waals surface area contributed by atoms with Gasteiger partial charge in [-0.05, 0) is 12.8 Å². The van der Waals surface area contributed by atoms with E-state index in [0.29, 0.717) is 5.92 Å². The van der Waals surface area contributed by atoms with Crippen molar-refractivity contribution >= 4 is 0 Å². The Morgan fingerprint density at radius 2 is 2.00 bits per heavy atom. The smallest absolute Gasteiger partial charge is 0.285 e. The van der Waals surface area contributed by atoms with Gasteiger partial charge in [0.2, 0.25) is 0 Å². The molecule has 0 aromatic rings. The Hall–Kier alpha value is -0.120. The highest BCUT2D eigenvalue weighted by Crippen LogP contribution is 2.31. The molecule has 1 saturated heterocycles. The van der Waals surface area contributed by atoms with Gasteiger partial charge in [-0.2, -0.15) is 0 Å². The number of hydrogen-bond acceptors (Lipinski definition) is 3. The molecule has 1 rings (SSSR count). The molecule has 1 heterocycles. The van der Waals surface area contributed by atoms with E-state index in [1.807, 2.05) is 0 Å². The normalized spacial score (nSPS) is 30.3. The maximum Gasteiger partial charge on any atom is 0.285 e. The summed E-state index contributed by atoms with van der Waals surface area (Å²) in [6.45, 7) is 2.80. The highest BCUT2D eigenvalue weighted by atomic mass is 16.9. The van der Waals surface area contributed by atoms with Crippen LogP contribution in [0.2, 0.25) is 0 Å². The highest BCUT2D eigenvalue weighted by molar-refractivity contribution is 4.70. The van der Waals surface area contributed by atoms with E-state index < -0.39 is 5.97 Å². The summed E-state index contributed by atoms with van der Waals surface area (Å²) in [5.41, 5.74) is 0. The van der Waals surface area contributed by atoms with E-state index in [9.17, 15) is 0 Å². The summed E-state index contributed by atoms with van der Waals surface area (Å²) in [6, 6.07) is 0. The van der Waals surface area contributed by atoms with Gasteiger partial charge in [0.25, 0.3) is 5.97 Å². The SMILES string of the molecule is COC1(OC)OCCCC1C. The monoisotopic (exact) mass is 160 g/mol. The fourth-order valence-corrected chi connectivity index (χ4v) is 1.53. The first kappa shape index (κ1) is 8.97. The largest absolute Gasteiger partial charge is 0.331 e. The maximum absolute atomic E-state index is 5.43. The van der Waals surface area contributed by atoms with Crippen molar-refractivity contribution in [1.29, 1.82) is 0 Å². The fourth-order valence-electron chi connectivity index (χ4n) is 1.53. The van der Waals surface area contributed by atoms with E-state index in [2.05, 4.69) is 6.92 Å². The Balaban J connectivity index is 2.61. The van der Waals surface area contributed by atoms with Crippen molar-refractivity contribution in [2.45, 2.75) is 25.7 Å². The number of ether oxygens (including phenoxy) is 3. The average molecular weight is 160 g/mol. The van der Waals surface area contributed by atoms with Crippen molar-refractivity contribution in [3.05, 3.63) is 0 Å². The van der Waals surface area contributed by atoms with Crippen LogP contribution in [0.4, 0.5) is 0 Å². The molecule has 1 aliphatic heterocycles. The third-order valence-electron chi connectivity index (χ3n) is 2.26. The molecule has 0 N–H and O–H groups in total. The van der Waals surface area contributed by atoms with Crippen molar-refractivity contribution in [2.24, 2.45) is 5.92 Å². The van der Waals surface area contributed by atoms with E-state index in [0.717, 1.165) is 19.4 Å². The van der Waals surface area contributed by atoms with Gasteiger partial charge in [0.15, 0.2) is 0 Å². The number of rotatable bonds is 2. The van der Waals surface area contributed by atoms with Crippen LogP contribution in [-0.4, -0.2) is 26.8 Å². The van der Waals surface area contributed by atoms with Gasteiger partial charge in [-0.1, -0.05) is 6.92 Å². The Kier molecular flexibility index (Phi) is 2.87. The van der Waals surface area contributed by atoms with Gasteiger partial charge in [0, 0.05) is 20.1 Å². The molecule has 1 aliphatic rings. The molecule has 0 saturated carbocycles. The van der Waals surface area contributed by atoms with Gasteiger partial charge in [-0.15, -0.1) is 0 Å². The average Bonchev–Trinajstić information content (AvgIpc) is 2.06. The molecular formula is C8H16O3. The van der Waals surface area contributed by atoms with Crippen LogP contribution in [0, 0.1) is 5.92 Å². The minimum Gasteiger partial charge on any atom is -0.331 e. The lowest BCUT2D eigenvalue weighted by atomic mass is 10.0. The van der Waals surface area contributed by atoms with Crippen molar-refractivity contribution < 1.29 is 14.2 Å². The van der Waals surface area contributed by atoms with Gasteiger partial charge in [-0.25, -0.2) is 0 Å². The Bertz CT molecular complexity index is 121. The summed E-state index contributed by atoms with van der Waals surface area (Å²) in [7, 11) is 3.23. The predicted octanol–water partition coefficient (Wildman–Crippen LogP) is 1.38. The summed E-state index contributed by atoms with van der Waals surface area (Å²) in [5.74, 6) is -0.468. The second-order valence-corrected chi connectivity index (χ2v) is 2.90. The van der Waals surface area contributed by atoms with Crippen molar-refractivity contribution in [2.75, 3.05) is 20.8 Å². The molecule has 0 spiro atoms. The third-order valence-corrected chi connectivity index (χ3v) is 2.26. The molecule has 1 unspecified atom stereocenters. The second-order valence-electron chi connectivity index (χ2n) is 2.90. The Labute approximate surface area is 67.6 Å². The first-order valence-electron chi connectivity index (χ1n) is 3.99. The quantitative estimate of drug-likeness (QED) is 0.571. The van der Waals surface area contributed by atoms with E-state index in [-0.39, 0.29) is 0 Å². The van der Waals surface area contributed by atoms with Crippen LogP contribution in [-0.2, 0) is 14.2 Å². The van der Waals surface area contributed by atoms with Crippen LogP contribution < -0.4 is 0 Å². The van der Waals surface area contributed by atoms with Gasteiger partial charge in [0.05, 0.1) is 6.61 Å². The van der Waals surface area contributed by atoms with E-state index in [4.69, 9.17) is 14.2 Å². The standard InChI is InChI=1S/C8H16O3/c1-7-5-4-6-11-8(7,9-2)10-3/h7H,4-6H2,1-3H3. The summed E-state index contributed by atoms with van der Waals surface area (Å²) < 4.78 is 15.8. The first-order valence-corrected chi connectivity index (χ1v) is 3.99. The summed E-state index contributed by atoms with van der Waals surface area (Å²) in [6.07, 6.45) is 2.19. The van der Waals surface area contributed by atoms with Crippen LogP contribution in [0.1, 0.15) is 19.8 Å². The van der Waals surface area contributed by atoms with Crippen LogP contribution in [0.25, 0.3) is 0 Å². The lowest BCUT2D eigenvalue weighted by Gasteiger charge is -2.38. The van der Waals surface area contributed by atoms with Crippen molar-refractivity contribution in [3.8, 4) is 0 Å². The minimum atomic E-state index is -0.780. The molecule has 0 radical (unpaired) electrons. The lowest BCUT2D eigenvalue weighted by Crippen LogP contribution is -2.46. The molecule has 0 amide bonds. The van der Waals surface area contributed by atoms with E-state index >= 15 is 0 Å². The molecular weight excluding hydrogens is 144 g/mol. The number of methoxy groups -OCH3 is 2. The summed E-state index contributed by atoms with van der Waals surface area (Å²) >= 11 is 0. The molecule has 0 bridgehead atoms. The number of hydrogen-bond donors (Lipinski definition) is 0. The minimum absolute atomic E-state index is 0.311. The van der Waals surface area contributed by atoms with Gasteiger partial charge < -0.3 is 14.2 Å². The zero-order chi connectivity index (χ0) is 8.32. The van der Waals surface area contributed by atoms with E-state index in [1.165, 1.54) is 0 Å². The van der Waals surface area contributed by atoms with Gasteiger partial charge in [-0.3, -0.25) is 0 Å². The van der Waals surface area contributed by atoms with Crippen LogP contribution in [0.15, 0.2) is 0 Å². The van der Waals surface area contributed by atoms with Crippen LogP contribution in [0.5, 0.6) is 0 Å². The second kappa shape index (κ2) is 3.52. The van der Waals surface area contributed by atoms with Crippen LogP contribution >= 0.6 is 0 Å². The lowest BCUT2D eigenvalue weighted by molar-refractivity contribution is -0.397. The van der Waals surface area contributed by atoms with Gasteiger partial charge in [0.1, 0.15) is 0 Å². The van der Waals surface area contributed by atoms with E-state index in [1.54, 1.807) is 14.2 Å². The fraction of sp³-hybridized carbons (Fsp3) is 1.00. The highest BCUT2D eigenvalue weighted by Gasteiger charge is 2.40. The molecule has 66 valence electrons. The summed E-state index contributed by atoms with van der Waals surface area (Å²) in [5, 5.41) is 0. The molecule has 0 aromatic carbocycles. The zero-order valence-corrected chi connectivity index (χ0v) is 7.42. The molecule has 3 nitrogen and oxygen atoms in total. The first-order chi connectivity index (χ1) is 5.25. The Morgan fingerprint density at radius 1 is 1.36 bits per heavy atom.